The van der Waals surface area contributed by atoms with Crippen LogP contribution in [0.2, 0.25) is 0 Å². The summed E-state index contributed by atoms with van der Waals surface area (Å²) in [5, 5.41) is 3.54. The first-order valence-corrected chi connectivity index (χ1v) is 5.67. The minimum Gasteiger partial charge on any atom is -0.381 e. The largest absolute Gasteiger partial charge is 0.381 e. The van der Waals surface area contributed by atoms with Gasteiger partial charge in [0.25, 0.3) is 0 Å². The molecule has 3 nitrogen and oxygen atoms in total. The van der Waals surface area contributed by atoms with Crippen molar-refractivity contribution in [2.45, 2.75) is 50.3 Å². The van der Waals surface area contributed by atoms with E-state index in [-0.39, 0.29) is 5.54 Å². The van der Waals surface area contributed by atoms with Gasteiger partial charge in [0, 0.05) is 25.2 Å². The van der Waals surface area contributed by atoms with E-state index in [9.17, 15) is 0 Å². The molecule has 3 heteroatoms. The van der Waals surface area contributed by atoms with Crippen molar-refractivity contribution in [3.8, 4) is 0 Å². The molecule has 0 radical (unpaired) electrons. The molecule has 82 valence electrons. The molecule has 14 heavy (non-hydrogen) atoms. The Morgan fingerprint density at radius 2 is 2.07 bits per heavy atom. The quantitative estimate of drug-likeness (QED) is 0.689. The maximum Gasteiger partial charge on any atom is 0.0601 e. The average molecular weight is 198 g/mol. The normalized spacial score (nSPS) is 36.2. The van der Waals surface area contributed by atoms with Crippen molar-refractivity contribution in [2.24, 2.45) is 11.7 Å². The minimum absolute atomic E-state index is 0.0121. The molecule has 0 saturated heterocycles. The third kappa shape index (κ3) is 2.27. The van der Waals surface area contributed by atoms with Gasteiger partial charge in [0.1, 0.15) is 0 Å². The number of ether oxygens (including phenoxy) is 1. The van der Waals surface area contributed by atoms with Crippen LogP contribution in [0.15, 0.2) is 0 Å². The molecule has 2 aliphatic rings. The predicted molar refractivity (Wildman–Crippen MR) is 57.1 cm³/mol. The summed E-state index contributed by atoms with van der Waals surface area (Å²) in [6.07, 6.45) is 5.42. The highest BCUT2D eigenvalue weighted by Gasteiger charge is 2.39. The Morgan fingerprint density at radius 1 is 1.43 bits per heavy atom. The van der Waals surface area contributed by atoms with Gasteiger partial charge in [0.15, 0.2) is 0 Å². The zero-order valence-corrected chi connectivity index (χ0v) is 9.25. The van der Waals surface area contributed by atoms with Crippen LogP contribution in [0.25, 0.3) is 0 Å². The van der Waals surface area contributed by atoms with Gasteiger partial charge < -0.3 is 15.8 Å². The summed E-state index contributed by atoms with van der Waals surface area (Å²) in [7, 11) is 1.79. The molecule has 1 atom stereocenters. The number of methoxy groups -OCH3 is 1. The molecule has 0 spiro atoms. The third-order valence-corrected chi connectivity index (χ3v) is 3.71. The van der Waals surface area contributed by atoms with Crippen LogP contribution in [0.4, 0.5) is 0 Å². The summed E-state index contributed by atoms with van der Waals surface area (Å²) in [5.41, 5.74) is 6.23. The lowest BCUT2D eigenvalue weighted by atomic mass is 9.88. The summed E-state index contributed by atoms with van der Waals surface area (Å²) < 4.78 is 5.24. The van der Waals surface area contributed by atoms with Crippen molar-refractivity contribution in [3.63, 3.8) is 0 Å². The van der Waals surface area contributed by atoms with E-state index in [4.69, 9.17) is 10.5 Å². The fraction of sp³-hybridized carbons (Fsp3) is 1.00. The fourth-order valence-corrected chi connectivity index (χ4v) is 2.18. The monoisotopic (exact) mass is 198 g/mol. The molecular formula is C11H22N2O. The standard InChI is InChI=1S/C11H22N2O/c1-11(12,8-3-4-8)7-13-9-5-10(6-9)14-2/h8-10,13H,3-7,12H2,1-2H3. The summed E-state index contributed by atoms with van der Waals surface area (Å²) >= 11 is 0. The maximum absolute atomic E-state index is 6.22. The summed E-state index contributed by atoms with van der Waals surface area (Å²) in [6.45, 7) is 3.13. The van der Waals surface area contributed by atoms with Crippen LogP contribution in [-0.4, -0.2) is 31.3 Å². The lowest BCUT2D eigenvalue weighted by Crippen LogP contribution is -2.54. The van der Waals surface area contributed by atoms with Crippen molar-refractivity contribution in [1.29, 1.82) is 0 Å². The first-order chi connectivity index (χ1) is 6.62. The molecule has 0 heterocycles. The molecular weight excluding hydrogens is 176 g/mol. The van der Waals surface area contributed by atoms with Crippen LogP contribution in [0.3, 0.4) is 0 Å². The Morgan fingerprint density at radius 3 is 2.57 bits per heavy atom. The van der Waals surface area contributed by atoms with E-state index >= 15 is 0 Å². The Balaban J connectivity index is 1.63. The van der Waals surface area contributed by atoms with Crippen LogP contribution >= 0.6 is 0 Å². The number of hydrogen-bond donors (Lipinski definition) is 2. The first-order valence-electron chi connectivity index (χ1n) is 5.67. The van der Waals surface area contributed by atoms with Gasteiger partial charge in [-0.25, -0.2) is 0 Å². The van der Waals surface area contributed by atoms with Crippen LogP contribution in [0, 0.1) is 5.92 Å². The molecule has 0 aliphatic heterocycles. The Kier molecular flexibility index (Phi) is 2.82. The minimum atomic E-state index is 0.0121. The highest BCUT2D eigenvalue weighted by atomic mass is 16.5. The van der Waals surface area contributed by atoms with Gasteiger partial charge in [-0.05, 0) is 38.5 Å². The molecule has 2 saturated carbocycles. The molecule has 0 amide bonds. The second-order valence-corrected chi connectivity index (χ2v) is 5.19. The van der Waals surface area contributed by atoms with E-state index in [1.807, 2.05) is 0 Å². The van der Waals surface area contributed by atoms with Gasteiger partial charge in [-0.3, -0.25) is 0 Å². The second-order valence-electron chi connectivity index (χ2n) is 5.19. The van der Waals surface area contributed by atoms with Crippen LogP contribution in [0.1, 0.15) is 32.6 Å². The van der Waals surface area contributed by atoms with Gasteiger partial charge in [-0.1, -0.05) is 0 Å². The number of nitrogens with two attached hydrogens (primary N) is 1. The van der Waals surface area contributed by atoms with Gasteiger partial charge in [-0.15, -0.1) is 0 Å². The highest BCUT2D eigenvalue weighted by Crippen LogP contribution is 2.37. The number of rotatable bonds is 5. The molecule has 3 N–H and O–H groups in total. The molecule has 0 aromatic heterocycles. The van der Waals surface area contributed by atoms with E-state index in [2.05, 4.69) is 12.2 Å². The summed E-state index contributed by atoms with van der Waals surface area (Å²) in [4.78, 5) is 0. The maximum atomic E-state index is 6.22. The van der Waals surface area contributed by atoms with Gasteiger partial charge in [0.05, 0.1) is 6.10 Å². The van der Waals surface area contributed by atoms with Crippen molar-refractivity contribution >= 4 is 0 Å². The van der Waals surface area contributed by atoms with Crippen LogP contribution in [0.5, 0.6) is 0 Å². The number of hydrogen-bond acceptors (Lipinski definition) is 3. The van der Waals surface area contributed by atoms with E-state index in [0.717, 1.165) is 25.3 Å². The van der Waals surface area contributed by atoms with E-state index in [1.165, 1.54) is 12.8 Å². The molecule has 2 rings (SSSR count). The number of nitrogens with one attached hydrogen (secondary N) is 1. The van der Waals surface area contributed by atoms with Crippen LogP contribution in [-0.2, 0) is 4.74 Å². The molecule has 2 fully saturated rings. The van der Waals surface area contributed by atoms with Gasteiger partial charge >= 0.3 is 0 Å². The van der Waals surface area contributed by atoms with Crippen LogP contribution < -0.4 is 11.1 Å². The smallest absolute Gasteiger partial charge is 0.0601 e. The summed E-state index contributed by atoms with van der Waals surface area (Å²) in [5.74, 6) is 0.758. The molecule has 0 bridgehead atoms. The third-order valence-electron chi connectivity index (χ3n) is 3.71. The van der Waals surface area contributed by atoms with E-state index in [0.29, 0.717) is 12.1 Å². The van der Waals surface area contributed by atoms with Crippen molar-refractivity contribution in [2.75, 3.05) is 13.7 Å². The van der Waals surface area contributed by atoms with Gasteiger partial charge in [0.2, 0.25) is 0 Å². The van der Waals surface area contributed by atoms with E-state index < -0.39 is 0 Å². The average Bonchev–Trinajstić information content (AvgIpc) is 2.83. The lowest BCUT2D eigenvalue weighted by molar-refractivity contribution is 0.0159. The first kappa shape index (κ1) is 10.4. The fourth-order valence-electron chi connectivity index (χ4n) is 2.18. The van der Waals surface area contributed by atoms with Crippen molar-refractivity contribution in [3.05, 3.63) is 0 Å². The molecule has 1 unspecified atom stereocenters. The Hall–Kier alpha value is -0.120. The molecule has 2 aliphatic carbocycles. The Labute approximate surface area is 86.4 Å². The predicted octanol–water partition coefficient (Wildman–Crippen LogP) is 0.881. The summed E-state index contributed by atoms with van der Waals surface area (Å²) in [6, 6.07) is 0.640. The second kappa shape index (κ2) is 3.80. The van der Waals surface area contributed by atoms with E-state index in [1.54, 1.807) is 7.11 Å². The van der Waals surface area contributed by atoms with Crippen molar-refractivity contribution in [1.82, 2.24) is 5.32 Å². The van der Waals surface area contributed by atoms with Gasteiger partial charge in [-0.2, -0.15) is 0 Å². The molecule has 0 aromatic rings. The zero-order chi connectivity index (χ0) is 10.2. The molecule has 0 aromatic carbocycles. The SMILES string of the molecule is COC1CC(NCC(C)(N)C2CC2)C1. The Bertz CT molecular complexity index is 195. The highest BCUT2D eigenvalue weighted by molar-refractivity contribution is 4.98. The topological polar surface area (TPSA) is 47.3 Å². The zero-order valence-electron chi connectivity index (χ0n) is 9.25. The van der Waals surface area contributed by atoms with Crippen molar-refractivity contribution < 1.29 is 4.74 Å². The lowest BCUT2D eigenvalue weighted by Gasteiger charge is -2.37.